The molecule has 0 bridgehead atoms. The molecular formula is C17H19N5O. The molecule has 1 aliphatic heterocycles. The summed E-state index contributed by atoms with van der Waals surface area (Å²) in [5.41, 5.74) is 2.74. The Morgan fingerprint density at radius 2 is 2.17 bits per heavy atom. The van der Waals surface area contributed by atoms with Crippen LogP contribution in [0.1, 0.15) is 23.2 Å². The largest absolute Gasteiger partial charge is 0.337 e. The third-order valence-corrected chi connectivity index (χ3v) is 4.20. The van der Waals surface area contributed by atoms with Crippen molar-refractivity contribution < 1.29 is 4.79 Å². The number of imidazole rings is 1. The molecule has 1 aromatic carbocycles. The topological polar surface area (TPSA) is 74.0 Å². The van der Waals surface area contributed by atoms with Crippen LogP contribution in [0.25, 0.3) is 0 Å². The number of nitrogens with one attached hydrogen (secondary N) is 1. The molecule has 0 aliphatic carbocycles. The zero-order chi connectivity index (χ0) is 16.2. The average Bonchev–Trinajstić information content (AvgIpc) is 3.13. The summed E-state index contributed by atoms with van der Waals surface area (Å²) in [4.78, 5) is 18.4. The van der Waals surface area contributed by atoms with Crippen LogP contribution in [-0.4, -0.2) is 32.9 Å². The van der Waals surface area contributed by atoms with Gasteiger partial charge in [-0.25, -0.2) is 4.98 Å². The van der Waals surface area contributed by atoms with Crippen molar-refractivity contribution >= 4 is 5.91 Å². The van der Waals surface area contributed by atoms with Gasteiger partial charge >= 0.3 is 0 Å². The highest BCUT2D eigenvalue weighted by molar-refractivity contribution is 5.83. The number of amides is 1. The Bertz CT molecular complexity index is 728. The molecule has 1 aromatic heterocycles. The predicted octanol–water partition coefficient (Wildman–Crippen LogP) is 1.18. The summed E-state index contributed by atoms with van der Waals surface area (Å²) in [6, 6.07) is 9.35. The Morgan fingerprint density at radius 3 is 2.83 bits per heavy atom. The Labute approximate surface area is 135 Å². The smallest absolute Gasteiger partial charge is 0.240 e. The lowest BCUT2D eigenvalue weighted by molar-refractivity contribution is -0.129. The first-order valence-corrected chi connectivity index (χ1v) is 7.64. The molecule has 1 fully saturated rings. The second kappa shape index (κ2) is 6.63. The molecule has 6 nitrogen and oxygen atoms in total. The maximum absolute atomic E-state index is 12.5. The maximum atomic E-state index is 12.5. The van der Waals surface area contributed by atoms with Crippen LogP contribution in [0.2, 0.25) is 0 Å². The number of hydrogen-bond acceptors (Lipinski definition) is 4. The first-order chi connectivity index (χ1) is 11.2. The highest BCUT2D eigenvalue weighted by Gasteiger charge is 2.31. The van der Waals surface area contributed by atoms with Gasteiger partial charge in [0, 0.05) is 32.9 Å². The minimum Gasteiger partial charge on any atom is -0.337 e. The van der Waals surface area contributed by atoms with Crippen LogP contribution < -0.4 is 5.32 Å². The fraction of sp³-hybridized carbons (Fsp3) is 0.353. The number of hydrogen-bond donors (Lipinski definition) is 1. The van der Waals surface area contributed by atoms with Gasteiger partial charge in [0.05, 0.1) is 29.7 Å². The number of rotatable bonds is 5. The lowest BCUT2D eigenvalue weighted by Gasteiger charge is -2.17. The van der Waals surface area contributed by atoms with Crippen LogP contribution in [-0.2, 0) is 24.9 Å². The molecule has 1 saturated heterocycles. The van der Waals surface area contributed by atoms with Crippen LogP contribution in [0.15, 0.2) is 36.8 Å². The molecule has 1 unspecified atom stereocenters. The van der Waals surface area contributed by atoms with E-state index in [1.54, 1.807) is 24.7 Å². The van der Waals surface area contributed by atoms with Gasteiger partial charge in [-0.05, 0) is 24.1 Å². The van der Waals surface area contributed by atoms with Gasteiger partial charge in [-0.15, -0.1) is 0 Å². The highest BCUT2D eigenvalue weighted by Crippen LogP contribution is 2.16. The van der Waals surface area contributed by atoms with Crippen molar-refractivity contribution in [1.82, 2.24) is 19.8 Å². The zero-order valence-electron chi connectivity index (χ0n) is 13.1. The minimum atomic E-state index is -0.136. The summed E-state index contributed by atoms with van der Waals surface area (Å²) in [5, 5.41) is 12.1. The van der Waals surface area contributed by atoms with E-state index in [0.29, 0.717) is 18.7 Å². The fourth-order valence-corrected chi connectivity index (χ4v) is 2.77. The first-order valence-electron chi connectivity index (χ1n) is 7.64. The standard InChI is InChI=1S/C17H19N5O/c1-21-12-19-9-15(21)10-20-16-6-7-22(17(16)23)11-14-4-2-13(8-18)3-5-14/h2-5,9,12,16,20H,6-7,10-11H2,1H3. The highest BCUT2D eigenvalue weighted by atomic mass is 16.2. The monoisotopic (exact) mass is 309 g/mol. The number of benzene rings is 1. The Hall–Kier alpha value is -2.65. The van der Waals surface area contributed by atoms with Crippen molar-refractivity contribution in [3.05, 3.63) is 53.6 Å². The lowest BCUT2D eigenvalue weighted by atomic mass is 10.1. The van der Waals surface area contributed by atoms with Gasteiger partial charge < -0.3 is 14.8 Å². The van der Waals surface area contributed by atoms with E-state index in [4.69, 9.17) is 5.26 Å². The van der Waals surface area contributed by atoms with E-state index < -0.39 is 0 Å². The lowest BCUT2D eigenvalue weighted by Crippen LogP contribution is -2.37. The molecule has 2 aromatic rings. The second-order valence-electron chi connectivity index (χ2n) is 5.79. The van der Waals surface area contributed by atoms with Crippen LogP contribution in [0.5, 0.6) is 0 Å². The van der Waals surface area contributed by atoms with Gasteiger partial charge in [-0.3, -0.25) is 4.79 Å². The minimum absolute atomic E-state index is 0.136. The molecule has 1 atom stereocenters. The van der Waals surface area contributed by atoms with Gasteiger partial charge in [0.2, 0.25) is 5.91 Å². The Morgan fingerprint density at radius 1 is 1.39 bits per heavy atom. The molecule has 1 aliphatic rings. The van der Waals surface area contributed by atoms with E-state index in [0.717, 1.165) is 24.2 Å². The van der Waals surface area contributed by atoms with Gasteiger partial charge in [-0.2, -0.15) is 5.26 Å². The van der Waals surface area contributed by atoms with E-state index in [-0.39, 0.29) is 11.9 Å². The van der Waals surface area contributed by atoms with Crippen LogP contribution in [0.3, 0.4) is 0 Å². The fourth-order valence-electron chi connectivity index (χ4n) is 2.77. The number of nitrogens with zero attached hydrogens (tertiary/aromatic N) is 4. The van der Waals surface area contributed by atoms with E-state index in [2.05, 4.69) is 16.4 Å². The van der Waals surface area contributed by atoms with Crippen LogP contribution in [0.4, 0.5) is 0 Å². The summed E-state index contributed by atoms with van der Waals surface area (Å²) in [6.07, 6.45) is 4.37. The molecule has 0 radical (unpaired) electrons. The summed E-state index contributed by atoms with van der Waals surface area (Å²) in [5.74, 6) is 0.136. The van der Waals surface area contributed by atoms with Crippen molar-refractivity contribution in [2.45, 2.75) is 25.6 Å². The normalized spacial score (nSPS) is 17.5. The zero-order valence-corrected chi connectivity index (χ0v) is 13.1. The molecular weight excluding hydrogens is 290 g/mol. The van der Waals surface area contributed by atoms with E-state index >= 15 is 0 Å². The number of aromatic nitrogens is 2. The summed E-state index contributed by atoms with van der Waals surface area (Å²) >= 11 is 0. The Balaban J connectivity index is 1.56. The van der Waals surface area contributed by atoms with Crippen molar-refractivity contribution in [3.8, 4) is 6.07 Å². The Kier molecular flexibility index (Phi) is 4.40. The summed E-state index contributed by atoms with van der Waals surface area (Å²) in [7, 11) is 1.94. The first kappa shape index (κ1) is 15.3. The number of likely N-dealkylation sites (tertiary alicyclic amines) is 1. The molecule has 0 spiro atoms. The molecule has 1 amide bonds. The number of aryl methyl sites for hydroxylation is 1. The molecule has 118 valence electrons. The molecule has 23 heavy (non-hydrogen) atoms. The van der Waals surface area contributed by atoms with E-state index in [9.17, 15) is 4.79 Å². The van der Waals surface area contributed by atoms with Gasteiger partial charge in [0.1, 0.15) is 0 Å². The number of nitriles is 1. The molecule has 6 heteroatoms. The summed E-state index contributed by atoms with van der Waals surface area (Å²) in [6.45, 7) is 1.98. The van der Waals surface area contributed by atoms with E-state index in [1.165, 1.54) is 0 Å². The predicted molar refractivity (Wildman–Crippen MR) is 85.0 cm³/mol. The second-order valence-corrected chi connectivity index (χ2v) is 5.79. The molecule has 3 rings (SSSR count). The van der Waals surface area contributed by atoms with Gasteiger partial charge in [-0.1, -0.05) is 12.1 Å². The SMILES string of the molecule is Cn1cncc1CNC1CCN(Cc2ccc(C#N)cc2)C1=O. The molecule has 1 N–H and O–H groups in total. The van der Waals surface area contributed by atoms with Crippen LogP contribution >= 0.6 is 0 Å². The average molecular weight is 309 g/mol. The van der Waals surface area contributed by atoms with Crippen molar-refractivity contribution in [3.63, 3.8) is 0 Å². The number of carbonyl (C=O) groups excluding carboxylic acids is 1. The van der Waals surface area contributed by atoms with Gasteiger partial charge in [0.25, 0.3) is 0 Å². The summed E-state index contributed by atoms with van der Waals surface area (Å²) < 4.78 is 1.95. The molecule has 2 heterocycles. The third-order valence-electron chi connectivity index (χ3n) is 4.20. The van der Waals surface area contributed by atoms with Crippen molar-refractivity contribution in [2.75, 3.05) is 6.54 Å². The van der Waals surface area contributed by atoms with Gasteiger partial charge in [0.15, 0.2) is 0 Å². The molecule has 0 saturated carbocycles. The quantitative estimate of drug-likeness (QED) is 0.900. The maximum Gasteiger partial charge on any atom is 0.240 e. The third kappa shape index (κ3) is 3.41. The van der Waals surface area contributed by atoms with Crippen molar-refractivity contribution in [2.24, 2.45) is 7.05 Å². The van der Waals surface area contributed by atoms with Crippen LogP contribution in [0, 0.1) is 11.3 Å². The van der Waals surface area contributed by atoms with E-state index in [1.807, 2.05) is 28.6 Å². The number of carbonyl (C=O) groups is 1. The van der Waals surface area contributed by atoms with Crippen molar-refractivity contribution in [1.29, 1.82) is 5.26 Å².